The number of urea groups is 1. The Balaban J connectivity index is 2.31. The van der Waals surface area contributed by atoms with E-state index < -0.39 is 11.6 Å². The van der Waals surface area contributed by atoms with Crippen LogP contribution in [0.4, 0.5) is 4.79 Å². The second-order valence-corrected chi connectivity index (χ2v) is 4.54. The van der Waals surface area contributed by atoms with Crippen LogP contribution >= 0.6 is 0 Å². The van der Waals surface area contributed by atoms with Crippen LogP contribution in [0, 0.1) is 0 Å². The first-order valence-corrected chi connectivity index (χ1v) is 4.87. The SMILES string of the molecule is CC(C)(O)CN1CCC(NC(N)=O)C1. The first-order valence-electron chi connectivity index (χ1n) is 4.87. The van der Waals surface area contributed by atoms with Crippen molar-refractivity contribution in [2.75, 3.05) is 19.6 Å². The first-order chi connectivity index (χ1) is 6.37. The van der Waals surface area contributed by atoms with E-state index in [0.717, 1.165) is 19.5 Å². The number of primary amides is 1. The summed E-state index contributed by atoms with van der Waals surface area (Å²) >= 11 is 0. The molecule has 1 unspecified atom stereocenters. The van der Waals surface area contributed by atoms with Crippen molar-refractivity contribution in [2.45, 2.75) is 31.9 Å². The number of β-amino-alcohol motifs (C(OH)–C–C–N with tert-alkyl or cyclic N) is 1. The van der Waals surface area contributed by atoms with Crippen molar-refractivity contribution < 1.29 is 9.90 Å². The molecule has 0 saturated carbocycles. The summed E-state index contributed by atoms with van der Waals surface area (Å²) in [5.74, 6) is 0. The van der Waals surface area contributed by atoms with Gasteiger partial charge in [-0.1, -0.05) is 0 Å². The highest BCUT2D eigenvalue weighted by atomic mass is 16.3. The topological polar surface area (TPSA) is 78.6 Å². The van der Waals surface area contributed by atoms with Crippen LogP contribution in [0.1, 0.15) is 20.3 Å². The molecule has 0 bridgehead atoms. The van der Waals surface area contributed by atoms with Crippen molar-refractivity contribution in [1.29, 1.82) is 0 Å². The third kappa shape index (κ3) is 3.93. The molecule has 2 amide bonds. The zero-order valence-electron chi connectivity index (χ0n) is 8.79. The van der Waals surface area contributed by atoms with Gasteiger partial charge in [0.25, 0.3) is 0 Å². The lowest BCUT2D eigenvalue weighted by Crippen LogP contribution is -2.42. The number of likely N-dealkylation sites (tertiary alicyclic amines) is 1. The highest BCUT2D eigenvalue weighted by Crippen LogP contribution is 2.13. The molecule has 4 N–H and O–H groups in total. The predicted molar refractivity (Wildman–Crippen MR) is 53.9 cm³/mol. The minimum Gasteiger partial charge on any atom is -0.389 e. The summed E-state index contributed by atoms with van der Waals surface area (Å²) in [6.07, 6.45) is 0.902. The van der Waals surface area contributed by atoms with E-state index in [1.54, 1.807) is 13.8 Å². The van der Waals surface area contributed by atoms with Crippen LogP contribution < -0.4 is 11.1 Å². The molecule has 0 radical (unpaired) electrons. The zero-order valence-corrected chi connectivity index (χ0v) is 8.79. The third-order valence-electron chi connectivity index (χ3n) is 2.23. The number of hydrogen-bond donors (Lipinski definition) is 3. The van der Waals surface area contributed by atoms with Gasteiger partial charge >= 0.3 is 6.03 Å². The molecular weight excluding hydrogens is 182 g/mol. The molecule has 0 aromatic rings. The maximum absolute atomic E-state index is 10.6. The quantitative estimate of drug-likeness (QED) is 0.576. The molecule has 0 aromatic carbocycles. The van der Waals surface area contributed by atoms with Crippen molar-refractivity contribution in [3.63, 3.8) is 0 Å². The van der Waals surface area contributed by atoms with Crippen molar-refractivity contribution in [3.8, 4) is 0 Å². The molecule has 5 nitrogen and oxygen atoms in total. The summed E-state index contributed by atoms with van der Waals surface area (Å²) in [7, 11) is 0. The van der Waals surface area contributed by atoms with Gasteiger partial charge in [0.15, 0.2) is 0 Å². The monoisotopic (exact) mass is 201 g/mol. The van der Waals surface area contributed by atoms with E-state index in [4.69, 9.17) is 5.73 Å². The Labute approximate surface area is 84.3 Å². The van der Waals surface area contributed by atoms with Gasteiger partial charge < -0.3 is 16.2 Å². The normalized spacial score (nSPS) is 23.8. The Morgan fingerprint density at radius 3 is 2.86 bits per heavy atom. The van der Waals surface area contributed by atoms with Crippen LogP contribution in [-0.4, -0.2) is 47.3 Å². The van der Waals surface area contributed by atoms with Gasteiger partial charge in [0.1, 0.15) is 0 Å². The maximum atomic E-state index is 10.6. The minimum atomic E-state index is -0.679. The van der Waals surface area contributed by atoms with Crippen LogP contribution in [0.2, 0.25) is 0 Å². The van der Waals surface area contributed by atoms with Gasteiger partial charge in [0.2, 0.25) is 0 Å². The van der Waals surface area contributed by atoms with Crippen LogP contribution in [-0.2, 0) is 0 Å². The van der Waals surface area contributed by atoms with Crippen LogP contribution in [0.25, 0.3) is 0 Å². The van der Waals surface area contributed by atoms with Gasteiger partial charge in [-0.25, -0.2) is 4.79 Å². The molecule has 1 aliphatic rings. The fraction of sp³-hybridized carbons (Fsp3) is 0.889. The number of nitrogens with two attached hydrogens (primary N) is 1. The van der Waals surface area contributed by atoms with E-state index in [0.29, 0.717) is 6.54 Å². The molecule has 1 heterocycles. The lowest BCUT2D eigenvalue weighted by molar-refractivity contribution is 0.0434. The van der Waals surface area contributed by atoms with Gasteiger partial charge in [0.05, 0.1) is 5.60 Å². The average molecular weight is 201 g/mol. The molecule has 5 heteroatoms. The highest BCUT2D eigenvalue weighted by Gasteiger charge is 2.26. The lowest BCUT2D eigenvalue weighted by Gasteiger charge is -2.25. The molecule has 1 aliphatic heterocycles. The fourth-order valence-electron chi connectivity index (χ4n) is 1.84. The standard InChI is InChI=1S/C9H19N3O2/c1-9(2,14)6-12-4-3-7(5-12)11-8(10)13/h7,14H,3-6H2,1-2H3,(H3,10,11,13). The molecule has 14 heavy (non-hydrogen) atoms. The number of nitrogens with one attached hydrogen (secondary N) is 1. The zero-order chi connectivity index (χ0) is 10.8. The third-order valence-corrected chi connectivity index (χ3v) is 2.23. The number of aliphatic hydroxyl groups is 1. The fourth-order valence-corrected chi connectivity index (χ4v) is 1.84. The molecule has 1 saturated heterocycles. The van der Waals surface area contributed by atoms with Crippen LogP contribution in [0.15, 0.2) is 0 Å². The largest absolute Gasteiger partial charge is 0.389 e. The summed E-state index contributed by atoms with van der Waals surface area (Å²) in [5.41, 5.74) is 4.35. The summed E-state index contributed by atoms with van der Waals surface area (Å²) in [6.45, 7) is 5.86. The van der Waals surface area contributed by atoms with Crippen molar-refractivity contribution in [3.05, 3.63) is 0 Å². The van der Waals surface area contributed by atoms with E-state index in [2.05, 4.69) is 10.2 Å². The van der Waals surface area contributed by atoms with Gasteiger partial charge in [0, 0.05) is 25.7 Å². The van der Waals surface area contributed by atoms with E-state index >= 15 is 0 Å². The number of amides is 2. The van der Waals surface area contributed by atoms with Crippen molar-refractivity contribution in [2.24, 2.45) is 5.73 Å². The Bertz CT molecular complexity index is 213. The Kier molecular flexibility index (Phi) is 3.34. The van der Waals surface area contributed by atoms with Gasteiger partial charge in [-0.3, -0.25) is 4.90 Å². The number of carbonyl (C=O) groups is 1. The predicted octanol–water partition coefficient (Wildman–Crippen LogP) is -0.500. The molecule has 0 aromatic heterocycles. The number of hydrogen-bond acceptors (Lipinski definition) is 3. The first kappa shape index (κ1) is 11.3. The van der Waals surface area contributed by atoms with E-state index in [1.807, 2.05) is 0 Å². The molecule has 82 valence electrons. The Hall–Kier alpha value is -0.810. The highest BCUT2D eigenvalue weighted by molar-refractivity contribution is 5.72. The maximum Gasteiger partial charge on any atom is 0.312 e. The van der Waals surface area contributed by atoms with Gasteiger partial charge in [-0.2, -0.15) is 0 Å². The summed E-state index contributed by atoms with van der Waals surface area (Å²) in [5, 5.41) is 12.3. The number of nitrogens with zero attached hydrogens (tertiary/aromatic N) is 1. The summed E-state index contributed by atoms with van der Waals surface area (Å²) < 4.78 is 0. The summed E-state index contributed by atoms with van der Waals surface area (Å²) in [4.78, 5) is 12.7. The Morgan fingerprint density at radius 1 is 1.71 bits per heavy atom. The minimum absolute atomic E-state index is 0.134. The van der Waals surface area contributed by atoms with E-state index in [9.17, 15) is 9.90 Å². The molecule has 0 spiro atoms. The second kappa shape index (κ2) is 4.14. The van der Waals surface area contributed by atoms with E-state index in [1.165, 1.54) is 0 Å². The Morgan fingerprint density at radius 2 is 2.36 bits per heavy atom. The van der Waals surface area contributed by atoms with Gasteiger partial charge in [-0.15, -0.1) is 0 Å². The second-order valence-electron chi connectivity index (χ2n) is 4.54. The lowest BCUT2D eigenvalue weighted by atomic mass is 10.1. The van der Waals surface area contributed by atoms with Crippen LogP contribution in [0.3, 0.4) is 0 Å². The number of rotatable bonds is 3. The number of carbonyl (C=O) groups excluding carboxylic acids is 1. The van der Waals surface area contributed by atoms with Crippen molar-refractivity contribution in [1.82, 2.24) is 10.2 Å². The van der Waals surface area contributed by atoms with Gasteiger partial charge in [-0.05, 0) is 20.3 Å². The molecule has 1 atom stereocenters. The molecule has 1 fully saturated rings. The smallest absolute Gasteiger partial charge is 0.312 e. The molecular formula is C9H19N3O2. The molecule has 0 aliphatic carbocycles. The van der Waals surface area contributed by atoms with Crippen molar-refractivity contribution >= 4 is 6.03 Å². The van der Waals surface area contributed by atoms with E-state index in [-0.39, 0.29) is 6.04 Å². The average Bonchev–Trinajstić information content (AvgIpc) is 2.30. The van der Waals surface area contributed by atoms with Crippen LogP contribution in [0.5, 0.6) is 0 Å². The molecule has 1 rings (SSSR count). The summed E-state index contributed by atoms with van der Waals surface area (Å²) in [6, 6.07) is -0.338.